The molecule has 3 amide bonds. The number of alkyl halides is 2. The fourth-order valence-corrected chi connectivity index (χ4v) is 5.20. The van der Waals surface area contributed by atoms with E-state index in [9.17, 15) is 28.0 Å². The number of anilines is 2. The third-order valence-electron chi connectivity index (χ3n) is 7.44. The number of hydrogen-bond donors (Lipinski definition) is 2. The molecule has 1 aliphatic heterocycles. The van der Waals surface area contributed by atoms with Crippen LogP contribution < -0.4 is 25.6 Å². The first kappa shape index (κ1) is 30.3. The molecule has 1 heterocycles. The van der Waals surface area contributed by atoms with E-state index in [4.69, 9.17) is 10.5 Å². The highest BCUT2D eigenvalue weighted by atomic mass is 19.3. The molecule has 9 nitrogen and oxygen atoms in total. The molecule has 4 aromatic rings. The summed E-state index contributed by atoms with van der Waals surface area (Å²) >= 11 is 0. The van der Waals surface area contributed by atoms with Gasteiger partial charge >= 0.3 is 6.61 Å². The van der Waals surface area contributed by atoms with Crippen molar-refractivity contribution in [2.75, 3.05) is 16.3 Å². The lowest BCUT2D eigenvalue weighted by atomic mass is 10.0. The highest BCUT2D eigenvalue weighted by molar-refractivity contribution is 6.13. The van der Waals surface area contributed by atoms with Crippen LogP contribution in [0.2, 0.25) is 0 Å². The van der Waals surface area contributed by atoms with Crippen LogP contribution in [-0.2, 0) is 16.1 Å². The van der Waals surface area contributed by atoms with Gasteiger partial charge in [0.15, 0.2) is 5.78 Å². The highest BCUT2D eigenvalue weighted by Gasteiger charge is 2.38. The second-order valence-electron chi connectivity index (χ2n) is 10.5. The third kappa shape index (κ3) is 6.13. The number of benzene rings is 4. The highest BCUT2D eigenvalue weighted by Crippen LogP contribution is 2.38. The van der Waals surface area contributed by atoms with Crippen LogP contribution in [0.25, 0.3) is 10.8 Å². The minimum Gasteiger partial charge on any atom is -0.434 e. The number of para-hydroxylation sites is 2. The first-order valence-electron chi connectivity index (χ1n) is 13.9. The number of Topliss-reactive ketones (excluding diaryl/α,β-unsaturated/α-hetero) is 1. The molecule has 1 aliphatic rings. The zero-order valence-electron chi connectivity index (χ0n) is 24.0. The van der Waals surface area contributed by atoms with Crippen LogP contribution in [0.5, 0.6) is 5.75 Å². The predicted molar refractivity (Wildman–Crippen MR) is 162 cm³/mol. The Labute approximate surface area is 252 Å². The standard InChI is InChI=1S/C33H30F2N4O5/c1-19(36)30(41)37-26-18-39(31(42)23-13-11-21(12-14-23)20(2)40)28-10-6-5-9-27(28)38(32(26)43)17-25-24-8-4-3-7-22(24)15-16-29(25)44-33(34)35/h3-16,19,26,33H,17-18,36H2,1-2H3,(H,37,41)/t19-,26-/m0/s1. The number of ether oxygens (including phenoxy) is 1. The molecule has 2 atom stereocenters. The van der Waals surface area contributed by atoms with E-state index in [-0.39, 0.29) is 30.2 Å². The van der Waals surface area contributed by atoms with Crippen LogP contribution in [0.4, 0.5) is 20.2 Å². The number of rotatable bonds is 8. The second kappa shape index (κ2) is 12.6. The van der Waals surface area contributed by atoms with Crippen molar-refractivity contribution in [1.82, 2.24) is 5.32 Å². The van der Waals surface area contributed by atoms with E-state index in [1.54, 1.807) is 48.5 Å². The molecule has 44 heavy (non-hydrogen) atoms. The van der Waals surface area contributed by atoms with Crippen molar-refractivity contribution in [3.8, 4) is 5.75 Å². The monoisotopic (exact) mass is 600 g/mol. The maximum atomic E-state index is 14.3. The van der Waals surface area contributed by atoms with Crippen molar-refractivity contribution in [2.24, 2.45) is 5.73 Å². The van der Waals surface area contributed by atoms with E-state index in [1.165, 1.54) is 54.0 Å². The Kier molecular flexibility index (Phi) is 8.68. The molecule has 0 aromatic heterocycles. The van der Waals surface area contributed by atoms with Crippen molar-refractivity contribution in [1.29, 1.82) is 0 Å². The van der Waals surface area contributed by atoms with E-state index < -0.39 is 36.4 Å². The molecule has 0 radical (unpaired) electrons. The SMILES string of the molecule is CC(=O)c1ccc(C(=O)N2C[C@H](NC(=O)[C@H](C)N)C(=O)N(Cc3c(OC(F)F)ccc4ccccc34)c3ccccc32)cc1. The Morgan fingerprint density at radius 3 is 2.23 bits per heavy atom. The Morgan fingerprint density at radius 2 is 1.57 bits per heavy atom. The van der Waals surface area contributed by atoms with Gasteiger partial charge in [0.25, 0.3) is 11.8 Å². The second-order valence-corrected chi connectivity index (χ2v) is 10.5. The van der Waals surface area contributed by atoms with Crippen molar-refractivity contribution in [3.63, 3.8) is 0 Å². The largest absolute Gasteiger partial charge is 0.434 e. The topological polar surface area (TPSA) is 122 Å². The van der Waals surface area contributed by atoms with Gasteiger partial charge in [-0.2, -0.15) is 8.78 Å². The van der Waals surface area contributed by atoms with Gasteiger partial charge in [0.1, 0.15) is 11.8 Å². The van der Waals surface area contributed by atoms with Crippen LogP contribution in [0.1, 0.15) is 40.1 Å². The smallest absolute Gasteiger partial charge is 0.387 e. The number of hydrogen-bond acceptors (Lipinski definition) is 6. The number of carbonyl (C=O) groups is 4. The maximum absolute atomic E-state index is 14.3. The van der Waals surface area contributed by atoms with E-state index in [0.717, 1.165) is 5.39 Å². The van der Waals surface area contributed by atoms with E-state index in [1.807, 2.05) is 6.07 Å². The lowest BCUT2D eigenvalue weighted by Gasteiger charge is -2.27. The molecule has 4 aromatic carbocycles. The number of nitrogens with zero attached hydrogens (tertiary/aromatic N) is 2. The number of nitrogens with one attached hydrogen (secondary N) is 1. The van der Waals surface area contributed by atoms with Crippen LogP contribution in [-0.4, -0.2) is 48.7 Å². The molecule has 226 valence electrons. The third-order valence-corrected chi connectivity index (χ3v) is 7.44. The van der Waals surface area contributed by atoms with Crippen LogP contribution in [0.3, 0.4) is 0 Å². The summed E-state index contributed by atoms with van der Waals surface area (Å²) in [4.78, 5) is 55.5. The summed E-state index contributed by atoms with van der Waals surface area (Å²) in [6, 6.07) is 20.8. The van der Waals surface area contributed by atoms with Gasteiger partial charge in [0.2, 0.25) is 5.91 Å². The summed E-state index contributed by atoms with van der Waals surface area (Å²) < 4.78 is 31.8. The lowest BCUT2D eigenvalue weighted by Crippen LogP contribution is -2.55. The Hall–Kier alpha value is -5.16. The summed E-state index contributed by atoms with van der Waals surface area (Å²) in [5.74, 6) is -1.94. The lowest BCUT2D eigenvalue weighted by molar-refractivity contribution is -0.127. The summed E-state index contributed by atoms with van der Waals surface area (Å²) in [6.07, 6.45) is 0. The van der Waals surface area contributed by atoms with Crippen molar-refractivity contribution >= 4 is 45.7 Å². The minimum absolute atomic E-state index is 0.108. The Morgan fingerprint density at radius 1 is 0.932 bits per heavy atom. The number of fused-ring (bicyclic) bond motifs is 2. The van der Waals surface area contributed by atoms with Gasteiger partial charge < -0.3 is 25.6 Å². The maximum Gasteiger partial charge on any atom is 0.387 e. The molecule has 0 aliphatic carbocycles. The van der Waals surface area contributed by atoms with E-state index >= 15 is 0 Å². The van der Waals surface area contributed by atoms with Crippen molar-refractivity contribution < 1.29 is 32.7 Å². The van der Waals surface area contributed by atoms with E-state index in [0.29, 0.717) is 27.9 Å². The molecule has 11 heteroatoms. The molecule has 0 saturated heterocycles. The molecule has 0 fully saturated rings. The quantitative estimate of drug-likeness (QED) is 0.284. The van der Waals surface area contributed by atoms with Gasteiger partial charge in [-0.3, -0.25) is 19.2 Å². The number of halogens is 2. The fourth-order valence-electron chi connectivity index (χ4n) is 5.20. The number of carbonyl (C=O) groups excluding carboxylic acids is 4. The molecule has 3 N–H and O–H groups in total. The summed E-state index contributed by atoms with van der Waals surface area (Å²) in [5, 5.41) is 3.99. The first-order valence-corrected chi connectivity index (χ1v) is 13.9. The zero-order chi connectivity index (χ0) is 31.5. The summed E-state index contributed by atoms with van der Waals surface area (Å²) in [6.45, 7) is -0.677. The molecule has 0 bridgehead atoms. The van der Waals surface area contributed by atoms with Crippen LogP contribution in [0.15, 0.2) is 84.9 Å². The average Bonchev–Trinajstić information content (AvgIpc) is 3.12. The normalized spacial score (nSPS) is 15.5. The number of amides is 3. The Bertz CT molecular complexity index is 1740. The molecule has 0 saturated carbocycles. The van der Waals surface area contributed by atoms with Crippen LogP contribution in [0, 0.1) is 0 Å². The van der Waals surface area contributed by atoms with Gasteiger partial charge in [0, 0.05) is 16.7 Å². The van der Waals surface area contributed by atoms with Gasteiger partial charge in [-0.15, -0.1) is 0 Å². The minimum atomic E-state index is -3.11. The van der Waals surface area contributed by atoms with Gasteiger partial charge in [-0.05, 0) is 55.0 Å². The first-order chi connectivity index (χ1) is 21.0. The molecular formula is C33H30F2N4O5. The van der Waals surface area contributed by atoms with Crippen molar-refractivity contribution in [3.05, 3.63) is 102 Å². The summed E-state index contributed by atoms with van der Waals surface area (Å²) in [7, 11) is 0. The summed E-state index contributed by atoms with van der Waals surface area (Å²) in [5.41, 5.74) is 7.48. The molecule has 0 unspecified atom stereocenters. The number of ketones is 1. The fraction of sp³-hybridized carbons (Fsp3) is 0.212. The Balaban J connectivity index is 1.65. The molecule has 0 spiro atoms. The zero-order valence-corrected chi connectivity index (χ0v) is 24.0. The predicted octanol–water partition coefficient (Wildman–Crippen LogP) is 4.67. The van der Waals surface area contributed by atoms with Crippen LogP contribution >= 0.6 is 0 Å². The van der Waals surface area contributed by atoms with Gasteiger partial charge in [-0.25, -0.2) is 0 Å². The molecular weight excluding hydrogens is 570 g/mol. The molecule has 5 rings (SSSR count). The average molecular weight is 601 g/mol. The van der Waals surface area contributed by atoms with Gasteiger partial charge in [0.05, 0.1) is 30.5 Å². The number of nitrogens with two attached hydrogens (primary N) is 1. The van der Waals surface area contributed by atoms with Crippen molar-refractivity contribution in [2.45, 2.75) is 39.1 Å². The van der Waals surface area contributed by atoms with E-state index in [2.05, 4.69) is 5.32 Å². The van der Waals surface area contributed by atoms with Gasteiger partial charge in [-0.1, -0.05) is 54.6 Å².